The molecule has 8 nitrogen and oxygen atoms in total. The second-order valence-electron chi connectivity index (χ2n) is 10.6. The van der Waals surface area contributed by atoms with Gasteiger partial charge in [0.15, 0.2) is 0 Å². The van der Waals surface area contributed by atoms with E-state index in [1.165, 1.54) is 12.4 Å². The van der Waals surface area contributed by atoms with Crippen LogP contribution < -0.4 is 10.2 Å². The third-order valence-corrected chi connectivity index (χ3v) is 8.08. The van der Waals surface area contributed by atoms with Crippen LogP contribution in [0.4, 0.5) is 23.4 Å². The Morgan fingerprint density at radius 2 is 1.87 bits per heavy atom. The Kier molecular flexibility index (Phi) is 8.18. The molecule has 0 amide bonds. The summed E-state index contributed by atoms with van der Waals surface area (Å²) in [6, 6.07) is 2.77. The molecule has 2 saturated heterocycles. The fourth-order valence-electron chi connectivity index (χ4n) is 6.01. The predicted octanol–water partition coefficient (Wildman–Crippen LogP) is 3.37. The first-order valence-corrected chi connectivity index (χ1v) is 13.3. The molecule has 0 radical (unpaired) electrons. The zero-order valence-corrected chi connectivity index (χ0v) is 21.7. The Bertz CT molecular complexity index is 1170. The molecule has 39 heavy (non-hydrogen) atoms. The van der Waals surface area contributed by atoms with Gasteiger partial charge in [-0.15, -0.1) is 0 Å². The highest BCUT2D eigenvalue weighted by molar-refractivity contribution is 5.64. The number of anilines is 1. The molecule has 212 valence electrons. The van der Waals surface area contributed by atoms with E-state index >= 15 is 0 Å². The van der Waals surface area contributed by atoms with Crippen molar-refractivity contribution in [2.75, 3.05) is 44.3 Å². The van der Waals surface area contributed by atoms with E-state index in [0.29, 0.717) is 63.9 Å². The minimum absolute atomic E-state index is 0.0518. The molecule has 12 heteroatoms. The first-order valence-electron chi connectivity index (χ1n) is 13.3. The maximum absolute atomic E-state index is 14.5. The van der Waals surface area contributed by atoms with Crippen LogP contribution in [0.1, 0.15) is 66.5 Å². The van der Waals surface area contributed by atoms with Crippen molar-refractivity contribution >= 4 is 12.1 Å². The Hall–Kier alpha value is -2.67. The monoisotopic (exact) mass is 551 g/mol. The lowest BCUT2D eigenvalue weighted by atomic mass is 9.93. The van der Waals surface area contributed by atoms with Gasteiger partial charge in [-0.25, -0.2) is 14.4 Å². The van der Waals surface area contributed by atoms with Crippen molar-refractivity contribution in [2.24, 2.45) is 0 Å². The number of halogens is 4. The lowest BCUT2D eigenvalue weighted by Crippen LogP contribution is -2.59. The summed E-state index contributed by atoms with van der Waals surface area (Å²) in [6.45, 7) is 5.46. The molecule has 1 aromatic heterocycles. The summed E-state index contributed by atoms with van der Waals surface area (Å²) in [6.07, 6.45) is -1.74. The van der Waals surface area contributed by atoms with Crippen molar-refractivity contribution in [2.45, 2.75) is 62.5 Å². The molecule has 0 spiro atoms. The average Bonchev–Trinajstić information content (AvgIpc) is 3.22. The highest BCUT2D eigenvalue weighted by atomic mass is 19.4. The van der Waals surface area contributed by atoms with Crippen LogP contribution in [0.3, 0.4) is 0 Å². The molecule has 2 aromatic rings. The maximum Gasteiger partial charge on any atom is 0.419 e. The van der Waals surface area contributed by atoms with Crippen LogP contribution in [0.25, 0.3) is 0 Å². The van der Waals surface area contributed by atoms with Crippen LogP contribution >= 0.6 is 0 Å². The van der Waals surface area contributed by atoms with E-state index in [4.69, 9.17) is 4.74 Å². The van der Waals surface area contributed by atoms with Gasteiger partial charge >= 0.3 is 6.18 Å². The molecule has 2 fully saturated rings. The summed E-state index contributed by atoms with van der Waals surface area (Å²) in [5, 5.41) is 13.9. The van der Waals surface area contributed by atoms with Gasteiger partial charge in [0.05, 0.1) is 29.4 Å². The van der Waals surface area contributed by atoms with E-state index < -0.39 is 35.7 Å². The smallest absolute Gasteiger partial charge is 0.387 e. The molecular weight excluding hydrogens is 518 g/mol. The van der Waals surface area contributed by atoms with E-state index in [1.807, 2.05) is 6.92 Å². The fraction of sp³-hybridized carbons (Fsp3) is 0.593. The van der Waals surface area contributed by atoms with E-state index in [9.17, 15) is 27.5 Å². The molecule has 2 aliphatic heterocycles. The van der Waals surface area contributed by atoms with Crippen molar-refractivity contribution in [1.82, 2.24) is 20.2 Å². The summed E-state index contributed by atoms with van der Waals surface area (Å²) in [5.41, 5.74) is 0.467. The van der Waals surface area contributed by atoms with E-state index in [1.54, 1.807) is 0 Å². The molecule has 3 aliphatic rings. The number of hydrogen-bond acceptors (Lipinski definition) is 8. The van der Waals surface area contributed by atoms with Gasteiger partial charge in [0.1, 0.15) is 24.2 Å². The summed E-state index contributed by atoms with van der Waals surface area (Å²) >= 11 is 0. The van der Waals surface area contributed by atoms with Crippen molar-refractivity contribution in [3.8, 4) is 0 Å². The normalized spacial score (nSPS) is 24.4. The number of benzene rings is 1. The first-order chi connectivity index (χ1) is 18.7. The number of nitrogens with zero attached hydrogens (tertiary/aromatic N) is 4. The summed E-state index contributed by atoms with van der Waals surface area (Å²) < 4.78 is 59.4. The number of ether oxygens (including phenoxy) is 1. The Morgan fingerprint density at radius 3 is 2.51 bits per heavy atom. The standard InChI is InChI=1S/C27H33F4N5O3/c1-16-12-22(38)24-23(16)26(33-15-32-24)36-8-6-35(7-9-36)25(34-18-4-10-39-11-5-18)19(14-37)17-2-3-20(21(28)13-17)27(29,30)31/h2-3,13-16,18-19,22,25,34,38H,4-12H2,1H3/t16-,19?,22-,25?/m1/s1. The lowest BCUT2D eigenvalue weighted by molar-refractivity contribution is -0.140. The number of carbonyl (C=O) groups is 1. The molecule has 1 aliphatic carbocycles. The van der Waals surface area contributed by atoms with Crippen LogP contribution in [0.15, 0.2) is 24.5 Å². The number of aromatic nitrogens is 2. The van der Waals surface area contributed by atoms with Crippen molar-refractivity contribution in [3.05, 3.63) is 52.7 Å². The SMILES string of the molecule is C[C@@H]1C[C@@H](O)c2ncnc(N3CCN(C(NC4CCOCC4)C(C=O)c4ccc(C(F)(F)F)c(F)c4)CC3)c21. The zero-order chi connectivity index (χ0) is 27.7. The van der Waals surface area contributed by atoms with Gasteiger partial charge < -0.3 is 19.5 Å². The second kappa shape index (κ2) is 11.4. The van der Waals surface area contributed by atoms with E-state index in [2.05, 4.69) is 25.1 Å². The van der Waals surface area contributed by atoms with Gasteiger partial charge in [0.25, 0.3) is 0 Å². The van der Waals surface area contributed by atoms with Crippen molar-refractivity contribution < 1.29 is 32.2 Å². The zero-order valence-electron chi connectivity index (χ0n) is 21.7. The summed E-state index contributed by atoms with van der Waals surface area (Å²) in [7, 11) is 0. The molecular formula is C27H33F4N5O3. The molecule has 2 unspecified atom stereocenters. The highest BCUT2D eigenvalue weighted by Crippen LogP contribution is 2.43. The molecule has 5 rings (SSSR count). The second-order valence-corrected chi connectivity index (χ2v) is 10.6. The third kappa shape index (κ3) is 5.79. The quantitative estimate of drug-likeness (QED) is 0.400. The Labute approximate surface area is 224 Å². The minimum Gasteiger partial charge on any atom is -0.387 e. The number of carbonyl (C=O) groups excluding carboxylic acids is 1. The number of hydrogen-bond donors (Lipinski definition) is 2. The number of alkyl halides is 3. The minimum atomic E-state index is -4.82. The number of rotatable bonds is 7. The molecule has 2 N–H and O–H groups in total. The van der Waals surface area contributed by atoms with Gasteiger partial charge in [-0.3, -0.25) is 10.2 Å². The fourth-order valence-corrected chi connectivity index (χ4v) is 6.01. The lowest BCUT2D eigenvalue weighted by Gasteiger charge is -2.44. The van der Waals surface area contributed by atoms with Gasteiger partial charge in [-0.05, 0) is 42.9 Å². The molecule has 0 saturated carbocycles. The number of fused-ring (bicyclic) bond motifs is 1. The van der Waals surface area contributed by atoms with Gasteiger partial charge in [-0.1, -0.05) is 13.0 Å². The van der Waals surface area contributed by atoms with Crippen molar-refractivity contribution in [1.29, 1.82) is 0 Å². The maximum atomic E-state index is 14.5. The van der Waals surface area contributed by atoms with E-state index in [0.717, 1.165) is 30.3 Å². The Morgan fingerprint density at radius 1 is 1.15 bits per heavy atom. The van der Waals surface area contributed by atoms with Gasteiger partial charge in [0.2, 0.25) is 0 Å². The number of aliphatic hydroxyl groups is 1. The highest BCUT2D eigenvalue weighted by Gasteiger charge is 2.38. The average molecular weight is 552 g/mol. The number of nitrogens with one attached hydrogen (secondary N) is 1. The molecule has 3 heterocycles. The first kappa shape index (κ1) is 27.9. The largest absolute Gasteiger partial charge is 0.419 e. The summed E-state index contributed by atoms with van der Waals surface area (Å²) in [4.78, 5) is 25.5. The van der Waals surface area contributed by atoms with Crippen LogP contribution in [0.5, 0.6) is 0 Å². The predicted molar refractivity (Wildman–Crippen MR) is 135 cm³/mol. The van der Waals surface area contributed by atoms with Crippen LogP contribution in [-0.2, 0) is 15.7 Å². The number of piperazine rings is 1. The van der Waals surface area contributed by atoms with Crippen LogP contribution in [0, 0.1) is 5.82 Å². The molecule has 4 atom stereocenters. The van der Waals surface area contributed by atoms with Crippen molar-refractivity contribution in [3.63, 3.8) is 0 Å². The van der Waals surface area contributed by atoms with Gasteiger partial charge in [-0.2, -0.15) is 13.2 Å². The van der Waals surface area contributed by atoms with Gasteiger partial charge in [0, 0.05) is 51.0 Å². The van der Waals surface area contributed by atoms with Crippen LogP contribution in [-0.4, -0.2) is 77.9 Å². The van der Waals surface area contributed by atoms with Crippen LogP contribution in [0.2, 0.25) is 0 Å². The number of aldehydes is 1. The number of aliphatic hydroxyl groups excluding tert-OH is 1. The summed E-state index contributed by atoms with van der Waals surface area (Å²) in [5.74, 6) is -1.35. The van der Waals surface area contributed by atoms with E-state index in [-0.39, 0.29) is 17.5 Å². The Balaban J connectivity index is 1.38. The topological polar surface area (TPSA) is 90.8 Å². The molecule has 0 bridgehead atoms. The molecule has 1 aromatic carbocycles. The third-order valence-electron chi connectivity index (χ3n) is 8.08.